The van der Waals surface area contributed by atoms with E-state index in [1.165, 1.54) is 0 Å². The summed E-state index contributed by atoms with van der Waals surface area (Å²) < 4.78 is 12.6. The van der Waals surface area contributed by atoms with Crippen LogP contribution in [0.3, 0.4) is 0 Å². The molecule has 0 radical (unpaired) electrons. The van der Waals surface area contributed by atoms with Crippen LogP contribution < -0.4 is 0 Å². The van der Waals surface area contributed by atoms with Gasteiger partial charge in [0.1, 0.15) is 0 Å². The molecule has 1 rings (SSSR count). The maximum atomic E-state index is 5.77. The van der Waals surface area contributed by atoms with Gasteiger partial charge in [-0.2, -0.15) is 0 Å². The van der Waals surface area contributed by atoms with Gasteiger partial charge in [0.2, 0.25) is 0 Å². The number of halogens is 1. The van der Waals surface area contributed by atoms with Crippen LogP contribution in [0.15, 0.2) is 0 Å². The summed E-state index contributed by atoms with van der Waals surface area (Å²) in [6, 6.07) is 0. The predicted molar refractivity (Wildman–Crippen MR) is 66.8 cm³/mol. The van der Waals surface area contributed by atoms with Gasteiger partial charge in [0.25, 0.3) is 0 Å². The second-order valence-electron chi connectivity index (χ2n) is 5.64. The summed E-state index contributed by atoms with van der Waals surface area (Å²) in [4.78, 5) is 0. The van der Waals surface area contributed by atoms with Gasteiger partial charge in [0, 0.05) is 9.84 Å². The van der Waals surface area contributed by atoms with Crippen LogP contribution >= 0.6 is 22.6 Å². The number of rotatable bonds is 1. The highest BCUT2D eigenvalue weighted by Crippen LogP contribution is 2.44. The predicted octanol–water partition coefficient (Wildman–Crippen LogP) is 3.24. The molecule has 3 heteroatoms. The first kappa shape index (κ1) is 12.7. The number of hydrogen-bond donors (Lipinski definition) is 0. The second kappa shape index (κ2) is 3.91. The molecule has 0 aliphatic carbocycles. The van der Waals surface area contributed by atoms with E-state index in [1.807, 2.05) is 13.8 Å². The van der Waals surface area contributed by atoms with Crippen LogP contribution in [-0.4, -0.2) is 23.4 Å². The Kier molecular flexibility index (Phi) is 3.55. The van der Waals surface area contributed by atoms with Gasteiger partial charge in [-0.05, 0) is 19.3 Å². The van der Waals surface area contributed by atoms with Crippen molar-refractivity contribution >= 4 is 22.6 Å². The smallest absolute Gasteiger partial charge is 0.162 e. The Balaban J connectivity index is 2.77. The Bertz CT molecular complexity index is 196. The molecular formula is C11H21IO2. The third kappa shape index (κ3) is 2.42. The zero-order valence-corrected chi connectivity index (χ0v) is 12.0. The Hall–Kier alpha value is 0.650. The Morgan fingerprint density at radius 2 is 1.57 bits per heavy atom. The lowest BCUT2D eigenvalue weighted by Crippen LogP contribution is -2.53. The normalized spacial score (nSPS) is 26.1. The summed E-state index contributed by atoms with van der Waals surface area (Å²) in [5, 5.41) is 0. The zero-order chi connectivity index (χ0) is 11.0. The molecule has 1 aliphatic heterocycles. The molecule has 2 nitrogen and oxygen atoms in total. The van der Waals surface area contributed by atoms with Crippen LogP contribution in [0.2, 0.25) is 0 Å². The van der Waals surface area contributed by atoms with Crippen LogP contribution in [0, 0.1) is 10.8 Å². The van der Waals surface area contributed by atoms with Gasteiger partial charge in [-0.25, -0.2) is 0 Å². The first-order chi connectivity index (χ1) is 6.22. The lowest BCUT2D eigenvalue weighted by atomic mass is 9.68. The van der Waals surface area contributed by atoms with E-state index >= 15 is 0 Å². The molecule has 84 valence electrons. The first-order valence-electron chi connectivity index (χ1n) is 5.06. The van der Waals surface area contributed by atoms with Gasteiger partial charge in [-0.1, -0.05) is 43.4 Å². The van der Waals surface area contributed by atoms with Gasteiger partial charge in [0.15, 0.2) is 5.79 Å². The molecule has 1 fully saturated rings. The van der Waals surface area contributed by atoms with E-state index in [4.69, 9.17) is 9.47 Å². The SMILES string of the molecule is CC1(C)OCC(CI)(C(C)(C)C)CO1. The molecule has 0 aromatic rings. The van der Waals surface area contributed by atoms with Crippen LogP contribution in [0.5, 0.6) is 0 Å². The Morgan fingerprint density at radius 1 is 1.14 bits per heavy atom. The van der Waals surface area contributed by atoms with Crippen molar-refractivity contribution in [3.63, 3.8) is 0 Å². The molecule has 0 atom stereocenters. The van der Waals surface area contributed by atoms with E-state index in [0.717, 1.165) is 17.6 Å². The highest BCUT2D eigenvalue weighted by molar-refractivity contribution is 14.1. The maximum Gasteiger partial charge on any atom is 0.162 e. The fourth-order valence-electron chi connectivity index (χ4n) is 1.42. The van der Waals surface area contributed by atoms with Crippen molar-refractivity contribution in [3.8, 4) is 0 Å². The van der Waals surface area contributed by atoms with Crippen molar-refractivity contribution in [2.24, 2.45) is 10.8 Å². The van der Waals surface area contributed by atoms with Crippen molar-refractivity contribution in [3.05, 3.63) is 0 Å². The Morgan fingerprint density at radius 3 is 1.86 bits per heavy atom. The highest BCUT2D eigenvalue weighted by Gasteiger charge is 2.47. The molecule has 1 aliphatic rings. The largest absolute Gasteiger partial charge is 0.350 e. The van der Waals surface area contributed by atoms with Crippen LogP contribution in [0.1, 0.15) is 34.6 Å². The van der Waals surface area contributed by atoms with Crippen LogP contribution in [-0.2, 0) is 9.47 Å². The minimum absolute atomic E-state index is 0.156. The van der Waals surface area contributed by atoms with E-state index in [2.05, 4.69) is 43.4 Å². The fraction of sp³-hybridized carbons (Fsp3) is 1.00. The standard InChI is InChI=1S/C11H21IO2/c1-9(2,3)11(6-12)7-13-10(4,5)14-8-11/h6-8H2,1-5H3. The summed E-state index contributed by atoms with van der Waals surface area (Å²) in [6.07, 6.45) is 0. The van der Waals surface area contributed by atoms with E-state index in [0.29, 0.717) is 0 Å². The molecule has 1 saturated heterocycles. The first-order valence-corrected chi connectivity index (χ1v) is 6.59. The quantitative estimate of drug-likeness (QED) is 0.547. The summed E-state index contributed by atoms with van der Waals surface area (Å²) in [5.74, 6) is -0.402. The maximum absolute atomic E-state index is 5.77. The van der Waals surface area contributed by atoms with Crippen molar-refractivity contribution in [1.82, 2.24) is 0 Å². The molecule has 0 unspecified atom stereocenters. The van der Waals surface area contributed by atoms with Crippen molar-refractivity contribution in [2.75, 3.05) is 17.6 Å². The highest BCUT2D eigenvalue weighted by atomic mass is 127. The molecular weight excluding hydrogens is 291 g/mol. The van der Waals surface area contributed by atoms with Gasteiger partial charge in [-0.3, -0.25) is 0 Å². The molecule has 0 spiro atoms. The second-order valence-corrected chi connectivity index (χ2v) is 6.40. The van der Waals surface area contributed by atoms with E-state index in [1.54, 1.807) is 0 Å². The van der Waals surface area contributed by atoms with Gasteiger partial charge >= 0.3 is 0 Å². The molecule has 14 heavy (non-hydrogen) atoms. The number of hydrogen-bond acceptors (Lipinski definition) is 2. The monoisotopic (exact) mass is 312 g/mol. The molecule has 0 aromatic carbocycles. The summed E-state index contributed by atoms with van der Waals surface area (Å²) >= 11 is 2.44. The summed E-state index contributed by atoms with van der Waals surface area (Å²) in [7, 11) is 0. The fourth-order valence-corrected chi connectivity index (χ4v) is 3.00. The third-order valence-electron chi connectivity index (χ3n) is 3.24. The van der Waals surface area contributed by atoms with E-state index in [-0.39, 0.29) is 10.8 Å². The van der Waals surface area contributed by atoms with Crippen molar-refractivity contribution in [1.29, 1.82) is 0 Å². The van der Waals surface area contributed by atoms with Crippen LogP contribution in [0.25, 0.3) is 0 Å². The average molecular weight is 312 g/mol. The minimum atomic E-state index is -0.402. The lowest BCUT2D eigenvalue weighted by molar-refractivity contribution is -0.295. The molecule has 0 N–H and O–H groups in total. The molecule has 0 aromatic heterocycles. The minimum Gasteiger partial charge on any atom is -0.350 e. The molecule has 0 bridgehead atoms. The topological polar surface area (TPSA) is 18.5 Å². The van der Waals surface area contributed by atoms with E-state index < -0.39 is 5.79 Å². The van der Waals surface area contributed by atoms with Gasteiger partial charge in [-0.15, -0.1) is 0 Å². The molecule has 0 saturated carbocycles. The third-order valence-corrected chi connectivity index (χ3v) is 4.70. The van der Waals surface area contributed by atoms with Crippen LogP contribution in [0.4, 0.5) is 0 Å². The average Bonchev–Trinajstić information content (AvgIpc) is 2.03. The van der Waals surface area contributed by atoms with Crippen molar-refractivity contribution < 1.29 is 9.47 Å². The van der Waals surface area contributed by atoms with E-state index in [9.17, 15) is 0 Å². The lowest BCUT2D eigenvalue weighted by Gasteiger charge is -2.49. The van der Waals surface area contributed by atoms with Crippen molar-refractivity contribution in [2.45, 2.75) is 40.4 Å². The number of ether oxygens (including phenoxy) is 2. The van der Waals surface area contributed by atoms with Gasteiger partial charge < -0.3 is 9.47 Å². The van der Waals surface area contributed by atoms with Gasteiger partial charge in [0.05, 0.1) is 13.2 Å². The zero-order valence-electron chi connectivity index (χ0n) is 9.82. The molecule has 1 heterocycles. The summed E-state index contributed by atoms with van der Waals surface area (Å²) in [6.45, 7) is 12.3. The summed E-state index contributed by atoms with van der Waals surface area (Å²) in [5.41, 5.74) is 0.383. The Labute approximate surface area is 101 Å². The number of alkyl halides is 1. The molecule has 0 amide bonds.